The number of hydrogen-bond acceptors (Lipinski definition) is 1. The summed E-state index contributed by atoms with van der Waals surface area (Å²) in [5.74, 6) is 0.956. The fraction of sp³-hybridized carbons (Fsp3) is 1.00. The van der Waals surface area contributed by atoms with Crippen LogP contribution in [0.4, 0.5) is 0 Å². The molecule has 1 saturated carbocycles. The van der Waals surface area contributed by atoms with E-state index in [4.69, 9.17) is 0 Å². The minimum Gasteiger partial charge on any atom is -0.303 e. The van der Waals surface area contributed by atoms with Crippen LogP contribution >= 0.6 is 0 Å². The van der Waals surface area contributed by atoms with Crippen molar-refractivity contribution < 1.29 is 0 Å². The Hall–Kier alpha value is -0.0400. The van der Waals surface area contributed by atoms with Crippen molar-refractivity contribution in [3.63, 3.8) is 0 Å². The van der Waals surface area contributed by atoms with Crippen molar-refractivity contribution in [2.45, 2.75) is 33.1 Å². The normalized spacial score (nSPS) is 36.0. The molecule has 11 heavy (non-hydrogen) atoms. The maximum Gasteiger partial charge on any atom is 0.00354 e. The molecule has 2 aliphatic rings. The molecule has 0 aromatic carbocycles. The Morgan fingerprint density at radius 2 is 2.18 bits per heavy atom. The van der Waals surface area contributed by atoms with Crippen LogP contribution in [0.3, 0.4) is 0 Å². The van der Waals surface area contributed by atoms with Gasteiger partial charge in [0, 0.05) is 13.1 Å². The fourth-order valence-corrected chi connectivity index (χ4v) is 2.08. The molecule has 0 aromatic heterocycles. The van der Waals surface area contributed by atoms with Crippen LogP contribution in [-0.4, -0.2) is 24.5 Å². The van der Waals surface area contributed by atoms with Gasteiger partial charge in [0.05, 0.1) is 0 Å². The lowest BCUT2D eigenvalue weighted by Crippen LogP contribution is -2.26. The van der Waals surface area contributed by atoms with Gasteiger partial charge >= 0.3 is 0 Å². The minimum atomic E-state index is 0.726. The Morgan fingerprint density at radius 3 is 2.64 bits per heavy atom. The van der Waals surface area contributed by atoms with E-state index in [1.54, 1.807) is 0 Å². The summed E-state index contributed by atoms with van der Waals surface area (Å²) in [6.07, 6.45) is 4.37. The number of rotatable bonds is 2. The molecule has 1 saturated heterocycles. The maximum absolute atomic E-state index is 2.65. The van der Waals surface area contributed by atoms with Crippen LogP contribution in [0.25, 0.3) is 0 Å². The minimum absolute atomic E-state index is 0.726. The Kier molecular flexibility index (Phi) is 1.71. The van der Waals surface area contributed by atoms with Gasteiger partial charge in [-0.05, 0) is 37.1 Å². The highest BCUT2D eigenvalue weighted by atomic mass is 15.2. The molecule has 0 N–H and O–H groups in total. The molecule has 0 aromatic rings. The second-order valence-electron chi connectivity index (χ2n) is 4.94. The Labute approximate surface area is 69.8 Å². The van der Waals surface area contributed by atoms with Crippen molar-refractivity contribution in [1.29, 1.82) is 0 Å². The van der Waals surface area contributed by atoms with E-state index >= 15 is 0 Å². The lowest BCUT2D eigenvalue weighted by molar-refractivity contribution is 0.269. The third-order valence-corrected chi connectivity index (χ3v) is 3.22. The van der Waals surface area contributed by atoms with Crippen molar-refractivity contribution in [2.75, 3.05) is 19.6 Å². The van der Waals surface area contributed by atoms with Crippen LogP contribution in [0, 0.1) is 11.3 Å². The SMILES string of the molecule is CC1CCN(CC2(C)CC2)C1. The largest absolute Gasteiger partial charge is 0.303 e. The third kappa shape index (κ3) is 1.76. The van der Waals surface area contributed by atoms with Crippen LogP contribution in [-0.2, 0) is 0 Å². The summed E-state index contributed by atoms with van der Waals surface area (Å²) >= 11 is 0. The molecular weight excluding hydrogens is 134 g/mol. The molecule has 0 amide bonds. The van der Waals surface area contributed by atoms with E-state index in [0.717, 1.165) is 11.3 Å². The third-order valence-electron chi connectivity index (χ3n) is 3.22. The molecule has 1 aliphatic heterocycles. The zero-order chi connectivity index (χ0) is 7.90. The number of nitrogens with zero attached hydrogens (tertiary/aromatic N) is 1. The molecule has 1 heteroatoms. The van der Waals surface area contributed by atoms with E-state index in [0.29, 0.717) is 0 Å². The lowest BCUT2D eigenvalue weighted by Gasteiger charge is -2.19. The predicted molar refractivity (Wildman–Crippen MR) is 47.6 cm³/mol. The average Bonchev–Trinajstić information content (AvgIpc) is 2.49. The Morgan fingerprint density at radius 1 is 1.45 bits per heavy atom. The van der Waals surface area contributed by atoms with E-state index in [2.05, 4.69) is 18.7 Å². The molecule has 2 rings (SSSR count). The Balaban J connectivity index is 1.79. The summed E-state index contributed by atoms with van der Waals surface area (Å²) in [4.78, 5) is 2.65. The smallest absolute Gasteiger partial charge is 0.00354 e. The molecular formula is C10H19N. The van der Waals surface area contributed by atoms with E-state index in [1.165, 1.54) is 38.9 Å². The summed E-state index contributed by atoms with van der Waals surface area (Å²) < 4.78 is 0. The van der Waals surface area contributed by atoms with Gasteiger partial charge in [0.2, 0.25) is 0 Å². The molecule has 1 atom stereocenters. The number of likely N-dealkylation sites (tertiary alicyclic amines) is 1. The second-order valence-corrected chi connectivity index (χ2v) is 4.94. The first kappa shape index (κ1) is 7.60. The van der Waals surface area contributed by atoms with Gasteiger partial charge < -0.3 is 4.90 Å². The lowest BCUT2D eigenvalue weighted by atomic mass is 10.1. The van der Waals surface area contributed by atoms with Crippen molar-refractivity contribution in [1.82, 2.24) is 4.90 Å². The van der Waals surface area contributed by atoms with E-state index in [9.17, 15) is 0 Å². The van der Waals surface area contributed by atoms with Gasteiger partial charge in [0.1, 0.15) is 0 Å². The summed E-state index contributed by atoms with van der Waals surface area (Å²) in [6, 6.07) is 0. The van der Waals surface area contributed by atoms with Gasteiger partial charge in [-0.1, -0.05) is 13.8 Å². The fourth-order valence-electron chi connectivity index (χ4n) is 2.08. The molecule has 0 radical (unpaired) electrons. The molecule has 1 aliphatic carbocycles. The maximum atomic E-state index is 2.65. The van der Waals surface area contributed by atoms with Crippen LogP contribution in [0.2, 0.25) is 0 Å². The van der Waals surface area contributed by atoms with Gasteiger partial charge in [-0.25, -0.2) is 0 Å². The topological polar surface area (TPSA) is 3.24 Å². The predicted octanol–water partition coefficient (Wildman–Crippen LogP) is 2.13. The summed E-state index contributed by atoms with van der Waals surface area (Å²) in [6.45, 7) is 8.88. The van der Waals surface area contributed by atoms with E-state index in [-0.39, 0.29) is 0 Å². The van der Waals surface area contributed by atoms with Crippen LogP contribution < -0.4 is 0 Å². The zero-order valence-corrected chi connectivity index (χ0v) is 7.77. The highest BCUT2D eigenvalue weighted by Gasteiger charge is 2.39. The summed E-state index contributed by atoms with van der Waals surface area (Å²) in [7, 11) is 0. The van der Waals surface area contributed by atoms with E-state index < -0.39 is 0 Å². The standard InChI is InChI=1S/C10H19N/c1-9-3-6-11(7-9)8-10(2)4-5-10/h9H,3-8H2,1-2H3. The monoisotopic (exact) mass is 153 g/mol. The number of hydrogen-bond donors (Lipinski definition) is 0. The molecule has 2 fully saturated rings. The molecule has 0 spiro atoms. The average molecular weight is 153 g/mol. The molecule has 1 unspecified atom stereocenters. The molecule has 64 valence electrons. The Bertz CT molecular complexity index is 149. The van der Waals surface area contributed by atoms with Gasteiger partial charge in [-0.2, -0.15) is 0 Å². The first-order valence-corrected chi connectivity index (χ1v) is 4.90. The van der Waals surface area contributed by atoms with E-state index in [1.807, 2.05) is 0 Å². The highest BCUT2D eigenvalue weighted by molar-refractivity contribution is 4.92. The first-order chi connectivity index (χ1) is 5.18. The van der Waals surface area contributed by atoms with Crippen molar-refractivity contribution in [2.24, 2.45) is 11.3 Å². The van der Waals surface area contributed by atoms with Crippen molar-refractivity contribution in [3.05, 3.63) is 0 Å². The van der Waals surface area contributed by atoms with Crippen LogP contribution in [0.15, 0.2) is 0 Å². The van der Waals surface area contributed by atoms with Gasteiger partial charge in [0.15, 0.2) is 0 Å². The zero-order valence-electron chi connectivity index (χ0n) is 7.77. The quantitative estimate of drug-likeness (QED) is 0.587. The highest BCUT2D eigenvalue weighted by Crippen LogP contribution is 2.46. The second kappa shape index (κ2) is 2.48. The molecule has 1 nitrogen and oxygen atoms in total. The van der Waals surface area contributed by atoms with Crippen molar-refractivity contribution >= 4 is 0 Å². The van der Waals surface area contributed by atoms with Gasteiger partial charge in [0.25, 0.3) is 0 Å². The van der Waals surface area contributed by atoms with Crippen molar-refractivity contribution in [3.8, 4) is 0 Å². The van der Waals surface area contributed by atoms with Gasteiger partial charge in [-0.3, -0.25) is 0 Å². The van der Waals surface area contributed by atoms with Crippen LogP contribution in [0.1, 0.15) is 33.1 Å². The van der Waals surface area contributed by atoms with Crippen LogP contribution in [0.5, 0.6) is 0 Å². The molecule has 0 bridgehead atoms. The first-order valence-electron chi connectivity index (χ1n) is 4.90. The van der Waals surface area contributed by atoms with Gasteiger partial charge in [-0.15, -0.1) is 0 Å². The summed E-state index contributed by atoms with van der Waals surface area (Å²) in [5, 5.41) is 0. The molecule has 1 heterocycles. The summed E-state index contributed by atoms with van der Waals surface area (Å²) in [5.41, 5.74) is 0.726.